The molecule has 0 spiro atoms. The Morgan fingerprint density at radius 1 is 0.686 bits per heavy atom. The molecule has 0 fully saturated rings. The van der Waals surface area contributed by atoms with Crippen LogP contribution in [-0.4, -0.2) is 74.9 Å². The molecule has 0 saturated carbocycles. The van der Waals surface area contributed by atoms with Gasteiger partial charge in [-0.25, -0.2) is 14.4 Å². The average Bonchev–Trinajstić information content (AvgIpc) is 3.11. The van der Waals surface area contributed by atoms with E-state index in [9.17, 15) is 19.5 Å². The number of carboxylic acids is 1. The summed E-state index contributed by atoms with van der Waals surface area (Å²) in [6.45, 7) is 20.0. The lowest BCUT2D eigenvalue weighted by Crippen LogP contribution is -2.31. The highest BCUT2D eigenvalue weighted by Crippen LogP contribution is 2.37. The quantitative estimate of drug-likeness (QED) is 0.0710. The number of carbonyl (C=O) groups excluding carboxylic acids is 2. The van der Waals surface area contributed by atoms with E-state index in [-0.39, 0.29) is 54.6 Å². The number of hydrogen-bond acceptors (Lipinski definition) is 9. The molecule has 2 aromatic rings. The summed E-state index contributed by atoms with van der Waals surface area (Å²) >= 11 is 0. The fraction of sp³-hybridized carbons (Fsp3) is 0.585. The van der Waals surface area contributed by atoms with Crippen molar-refractivity contribution in [2.45, 2.75) is 105 Å². The third-order valence-electron chi connectivity index (χ3n) is 8.67. The van der Waals surface area contributed by atoms with Crippen molar-refractivity contribution in [2.75, 3.05) is 39.6 Å². The minimum Gasteiger partial charge on any atom is -0.489 e. The number of unbranched alkanes of at least 4 members (excludes halogenated alkanes) is 2. The van der Waals surface area contributed by atoms with E-state index in [4.69, 9.17) is 28.4 Å². The number of esters is 2. The molecule has 4 atom stereocenters. The predicted octanol–water partition coefficient (Wildman–Crippen LogP) is 8.74. The van der Waals surface area contributed by atoms with E-state index in [0.717, 1.165) is 51.4 Å². The first-order valence-corrected chi connectivity index (χ1v) is 18.4. The van der Waals surface area contributed by atoms with Gasteiger partial charge in [-0.1, -0.05) is 104 Å². The van der Waals surface area contributed by atoms with Gasteiger partial charge in [0.25, 0.3) is 0 Å². The second-order valence-corrected chi connectivity index (χ2v) is 13.2. The first-order valence-electron chi connectivity index (χ1n) is 18.4. The van der Waals surface area contributed by atoms with Crippen LogP contribution in [0.2, 0.25) is 0 Å². The van der Waals surface area contributed by atoms with Gasteiger partial charge in [-0.3, -0.25) is 0 Å². The summed E-state index contributed by atoms with van der Waals surface area (Å²) in [7, 11) is 0. The molecule has 10 nitrogen and oxygen atoms in total. The molecule has 0 radical (unpaired) electrons. The zero-order valence-electron chi connectivity index (χ0n) is 31.6. The van der Waals surface area contributed by atoms with E-state index in [1.165, 1.54) is 6.07 Å². The summed E-state index contributed by atoms with van der Waals surface area (Å²) in [5.41, 5.74) is 0.328. The first-order chi connectivity index (χ1) is 24.4. The Balaban J connectivity index is 2.32. The Morgan fingerprint density at radius 2 is 1.16 bits per heavy atom. The molecule has 1 N–H and O–H groups in total. The zero-order chi connectivity index (χ0) is 37.8. The Morgan fingerprint density at radius 3 is 1.59 bits per heavy atom. The Labute approximate surface area is 304 Å². The second-order valence-electron chi connectivity index (χ2n) is 13.2. The van der Waals surface area contributed by atoms with Gasteiger partial charge in [0.05, 0.1) is 13.2 Å². The lowest BCUT2D eigenvalue weighted by atomic mass is 10.0. The number of aromatic carboxylic acids is 1. The number of fused-ring (bicyclic) bond motifs is 1. The van der Waals surface area contributed by atoms with Crippen LogP contribution < -0.4 is 9.47 Å². The van der Waals surface area contributed by atoms with Crippen LogP contribution in [0.3, 0.4) is 0 Å². The van der Waals surface area contributed by atoms with Gasteiger partial charge < -0.3 is 33.5 Å². The number of carboxylic acid groups (broad SMARTS) is 1. The Kier molecular flexibility index (Phi) is 20.0. The fourth-order valence-electron chi connectivity index (χ4n) is 5.37. The SMILES string of the molecule is C=C(C)C(=O)OC(COCC(CC)CCCC)COc1cc(C(=O)O)c(OCC(COCC(CC)CCCC)OC(=O)C(=C)C)c2ccccc12. The highest BCUT2D eigenvalue weighted by molar-refractivity contribution is 6.03. The molecular formula is C41H60O10. The van der Waals surface area contributed by atoms with Crippen LogP contribution >= 0.6 is 0 Å². The van der Waals surface area contributed by atoms with Crippen molar-refractivity contribution in [1.29, 1.82) is 0 Å². The molecule has 51 heavy (non-hydrogen) atoms. The van der Waals surface area contributed by atoms with Crippen molar-refractivity contribution in [3.8, 4) is 11.5 Å². The molecule has 284 valence electrons. The van der Waals surface area contributed by atoms with Crippen LogP contribution in [0.25, 0.3) is 10.8 Å². The lowest BCUT2D eigenvalue weighted by molar-refractivity contribution is -0.150. The third kappa shape index (κ3) is 15.1. The maximum atomic E-state index is 12.6. The van der Waals surface area contributed by atoms with Gasteiger partial charge in [0.15, 0.2) is 12.2 Å². The zero-order valence-corrected chi connectivity index (χ0v) is 31.6. The van der Waals surface area contributed by atoms with Crippen LogP contribution in [0.1, 0.15) is 103 Å². The molecular weight excluding hydrogens is 652 g/mol. The van der Waals surface area contributed by atoms with Gasteiger partial charge >= 0.3 is 17.9 Å². The third-order valence-corrected chi connectivity index (χ3v) is 8.67. The summed E-state index contributed by atoms with van der Waals surface area (Å²) < 4.78 is 35.6. The van der Waals surface area contributed by atoms with Gasteiger partial charge in [0, 0.05) is 35.1 Å². The molecule has 0 aromatic heterocycles. The molecule has 2 rings (SSSR count). The van der Waals surface area contributed by atoms with Crippen molar-refractivity contribution in [3.63, 3.8) is 0 Å². The monoisotopic (exact) mass is 712 g/mol. The van der Waals surface area contributed by atoms with Crippen molar-refractivity contribution in [2.24, 2.45) is 11.8 Å². The Bertz CT molecular complexity index is 1420. The van der Waals surface area contributed by atoms with Crippen molar-refractivity contribution in [3.05, 3.63) is 60.2 Å². The molecule has 0 aliphatic rings. The van der Waals surface area contributed by atoms with Gasteiger partial charge in [-0.15, -0.1) is 0 Å². The number of benzene rings is 2. The molecule has 4 unspecified atom stereocenters. The van der Waals surface area contributed by atoms with E-state index >= 15 is 0 Å². The van der Waals surface area contributed by atoms with Crippen molar-refractivity contribution >= 4 is 28.7 Å². The summed E-state index contributed by atoms with van der Waals surface area (Å²) in [5, 5.41) is 11.4. The molecule has 0 aliphatic carbocycles. The van der Waals surface area contributed by atoms with E-state index in [0.29, 0.717) is 35.8 Å². The summed E-state index contributed by atoms with van der Waals surface area (Å²) in [6.07, 6.45) is 6.90. The molecule has 10 heteroatoms. The standard InChI is InChI=1S/C41H60O10/c1-9-13-17-30(11-3)22-46-24-32(50-40(44)28(5)6)26-48-37-21-36(39(42)43)38(35-20-16-15-19-34(35)37)49-27-33(51-41(45)29(7)8)25-47-23-31(12-4)18-14-10-2/h15-16,19-21,30-33H,5,7,9-14,17-18,22-27H2,1-4,6,8H3,(H,42,43). The number of hydrogen-bond donors (Lipinski definition) is 1. The van der Waals surface area contributed by atoms with Crippen LogP contribution in [0.15, 0.2) is 54.6 Å². The maximum Gasteiger partial charge on any atom is 0.339 e. The van der Waals surface area contributed by atoms with Crippen LogP contribution in [0, 0.1) is 11.8 Å². The molecule has 0 amide bonds. The maximum absolute atomic E-state index is 12.6. The highest BCUT2D eigenvalue weighted by atomic mass is 16.6. The van der Waals surface area contributed by atoms with Crippen LogP contribution in [0.5, 0.6) is 11.5 Å². The molecule has 2 aromatic carbocycles. The first kappa shape index (κ1) is 43.3. The van der Waals surface area contributed by atoms with Gasteiger partial charge in [0.2, 0.25) is 0 Å². The number of ether oxygens (including phenoxy) is 6. The largest absolute Gasteiger partial charge is 0.489 e. The van der Waals surface area contributed by atoms with Crippen LogP contribution in [0.4, 0.5) is 0 Å². The molecule has 0 bridgehead atoms. The molecule has 0 aliphatic heterocycles. The van der Waals surface area contributed by atoms with E-state index in [2.05, 4.69) is 40.9 Å². The van der Waals surface area contributed by atoms with Gasteiger partial charge in [0.1, 0.15) is 30.3 Å². The van der Waals surface area contributed by atoms with E-state index in [1.807, 2.05) is 0 Å². The van der Waals surface area contributed by atoms with E-state index < -0.39 is 30.1 Å². The second kappa shape index (κ2) is 23.6. The van der Waals surface area contributed by atoms with Crippen molar-refractivity contribution < 1.29 is 47.9 Å². The minimum absolute atomic E-state index is 0.0765. The topological polar surface area (TPSA) is 127 Å². The predicted molar refractivity (Wildman–Crippen MR) is 200 cm³/mol. The summed E-state index contributed by atoms with van der Waals surface area (Å²) in [4.78, 5) is 37.6. The number of rotatable bonds is 27. The Hall–Kier alpha value is -3.89. The normalized spacial score (nSPS) is 13.5. The highest BCUT2D eigenvalue weighted by Gasteiger charge is 2.24. The average molecular weight is 713 g/mol. The van der Waals surface area contributed by atoms with E-state index in [1.54, 1.807) is 38.1 Å². The minimum atomic E-state index is -1.24. The van der Waals surface area contributed by atoms with Crippen molar-refractivity contribution in [1.82, 2.24) is 0 Å². The van der Waals surface area contributed by atoms with Gasteiger partial charge in [-0.2, -0.15) is 0 Å². The number of carbonyl (C=O) groups is 3. The fourth-order valence-corrected chi connectivity index (χ4v) is 5.37. The van der Waals surface area contributed by atoms with Gasteiger partial charge in [-0.05, 0) is 44.6 Å². The smallest absolute Gasteiger partial charge is 0.339 e. The lowest BCUT2D eigenvalue weighted by Gasteiger charge is -2.23. The summed E-state index contributed by atoms with van der Waals surface area (Å²) in [5.74, 6) is -1.24. The molecule has 0 saturated heterocycles. The van der Waals surface area contributed by atoms with Crippen LogP contribution in [-0.2, 0) is 28.5 Å². The summed E-state index contributed by atoms with van der Waals surface area (Å²) in [6, 6.07) is 8.48. The molecule has 0 heterocycles.